The van der Waals surface area contributed by atoms with Gasteiger partial charge in [0.25, 0.3) is 0 Å². The molecule has 1 aliphatic heterocycles. The van der Waals surface area contributed by atoms with E-state index >= 15 is 0 Å². The van der Waals surface area contributed by atoms with Crippen molar-refractivity contribution in [2.45, 2.75) is 101 Å². The Bertz CT molecular complexity index is 2640. The van der Waals surface area contributed by atoms with Crippen LogP contribution in [0.2, 0.25) is 0 Å². The van der Waals surface area contributed by atoms with Gasteiger partial charge < -0.3 is 0 Å². The van der Waals surface area contributed by atoms with Crippen LogP contribution in [0.4, 0.5) is 0 Å². The van der Waals surface area contributed by atoms with Crippen LogP contribution in [0.25, 0.3) is 45.5 Å². The van der Waals surface area contributed by atoms with E-state index in [9.17, 15) is 17.0 Å². The molecular weight excluding hydrogens is 863 g/mol. The van der Waals surface area contributed by atoms with E-state index in [1.165, 1.54) is 114 Å². The molecule has 60 heavy (non-hydrogen) atoms. The van der Waals surface area contributed by atoms with Crippen LogP contribution in [-0.4, -0.2) is 9.52 Å². The Hall–Kier alpha value is -3.52. The molecule has 0 amide bonds. The summed E-state index contributed by atoms with van der Waals surface area (Å²) in [6.45, 7) is 22.9. The van der Waals surface area contributed by atoms with Crippen LogP contribution in [0.15, 0.2) is 114 Å². The zero-order valence-electron chi connectivity index (χ0n) is 37.2. The summed E-state index contributed by atoms with van der Waals surface area (Å²) in [4.78, 5) is 0. The Balaban J connectivity index is 1.40. The molecule has 305 valence electrons. The first-order chi connectivity index (χ1) is 28.6. The first-order valence-corrected chi connectivity index (χ1v) is 34.1. The van der Waals surface area contributed by atoms with E-state index in [2.05, 4.69) is 185 Å². The van der Waals surface area contributed by atoms with Crippen molar-refractivity contribution in [3.63, 3.8) is 0 Å². The molecule has 2 aliphatic carbocycles. The van der Waals surface area contributed by atoms with Gasteiger partial charge in [-0.15, -0.1) is 0 Å². The summed E-state index contributed by atoms with van der Waals surface area (Å²) in [5, 5.41) is 2.97. The van der Waals surface area contributed by atoms with Crippen LogP contribution in [0.3, 0.4) is 0 Å². The molecule has 4 heteroatoms. The van der Waals surface area contributed by atoms with Crippen LogP contribution in [-0.2, 0) is 16.4 Å². The number of halogens is 2. The van der Waals surface area contributed by atoms with Gasteiger partial charge in [0.05, 0.1) is 0 Å². The SMILES string of the molecule is CCC1=Cc2c(ccc(C(C)C)c2-c2cc(C)cc(C)c2)[CH]1[Zr]([Cl])([Cl])([c]1cccc2c1[SiH2]c1ccccc1-2)[CH]1C(CC)=Cc2c1ccc(C(C)C)c2-c1cc(C)cc(C)c1. The second-order valence-electron chi connectivity index (χ2n) is 19.0. The predicted molar refractivity (Wildman–Crippen MR) is 264 cm³/mol. The molecule has 0 radical (unpaired) electrons. The third-order valence-electron chi connectivity index (χ3n) is 14.2. The molecule has 0 fully saturated rings. The minimum atomic E-state index is -5.64. The Morgan fingerprint density at radius 1 is 0.550 bits per heavy atom. The van der Waals surface area contributed by atoms with E-state index in [1.54, 1.807) is 0 Å². The van der Waals surface area contributed by atoms with Gasteiger partial charge in [-0.2, -0.15) is 0 Å². The van der Waals surface area contributed by atoms with Gasteiger partial charge in [-0.25, -0.2) is 0 Å². The van der Waals surface area contributed by atoms with Crippen molar-refractivity contribution >= 4 is 52.3 Å². The summed E-state index contributed by atoms with van der Waals surface area (Å²) in [6.07, 6.45) is 6.87. The van der Waals surface area contributed by atoms with Gasteiger partial charge >= 0.3 is 373 Å². The number of aryl methyl sites for hydroxylation is 4. The average Bonchev–Trinajstić information content (AvgIpc) is 3.91. The minimum absolute atomic E-state index is 0.0924. The maximum absolute atomic E-state index is 9.38. The third-order valence-corrected chi connectivity index (χ3v) is 36.9. The zero-order chi connectivity index (χ0) is 42.4. The Morgan fingerprint density at radius 3 is 1.45 bits per heavy atom. The molecule has 0 saturated carbocycles. The molecule has 3 aliphatic rings. The van der Waals surface area contributed by atoms with Gasteiger partial charge in [0.1, 0.15) is 0 Å². The summed E-state index contributed by atoms with van der Waals surface area (Å²) < 4.78 is 1.12. The molecule has 0 spiro atoms. The van der Waals surface area contributed by atoms with Gasteiger partial charge in [-0.05, 0) is 0 Å². The third kappa shape index (κ3) is 6.45. The van der Waals surface area contributed by atoms with Crippen molar-refractivity contribution in [2.75, 3.05) is 0 Å². The number of benzene rings is 6. The van der Waals surface area contributed by atoms with Crippen LogP contribution >= 0.6 is 17.0 Å². The van der Waals surface area contributed by atoms with Gasteiger partial charge in [-0.3, -0.25) is 0 Å². The van der Waals surface area contributed by atoms with E-state index in [0.717, 1.165) is 12.8 Å². The molecule has 0 N–H and O–H groups in total. The van der Waals surface area contributed by atoms with E-state index in [-0.39, 0.29) is 7.25 Å². The fourth-order valence-electron chi connectivity index (χ4n) is 11.8. The number of hydrogen-bond donors (Lipinski definition) is 0. The molecule has 0 aromatic heterocycles. The van der Waals surface area contributed by atoms with E-state index < -0.39 is 25.9 Å². The van der Waals surface area contributed by atoms with Crippen molar-refractivity contribution in [3.05, 3.63) is 170 Å². The first-order valence-electron chi connectivity index (χ1n) is 22.3. The summed E-state index contributed by atoms with van der Waals surface area (Å²) in [5.74, 6) is 0.713. The standard InChI is InChI=1S/2C22H25.C12H9Si.2ClH.Zr/c2*1-6-17-12-18-7-8-20(14(2)3)22(21(18)13-17)19-10-15(4)9-16(5)11-19;1-3-7-11-9(5-1)10-6-2-4-8-12(10)13-11;;;/h2*7-14H,6H2,1-5H3;1-7H,13H2;2*1H;/q;;;;;+2/p-2. The Morgan fingerprint density at radius 2 is 1.00 bits per heavy atom. The van der Waals surface area contributed by atoms with Crippen LogP contribution in [0, 0.1) is 27.7 Å². The fraction of sp³-hybridized carbons (Fsp3) is 0.286. The summed E-state index contributed by atoms with van der Waals surface area (Å²) in [6, 6.07) is 40.0. The number of allylic oxidation sites excluding steroid dienone is 2. The molecule has 2 unspecified atom stereocenters. The summed E-state index contributed by atoms with van der Waals surface area (Å²) in [7, 11) is 17.9. The Labute approximate surface area is 370 Å². The molecule has 0 saturated heterocycles. The van der Waals surface area contributed by atoms with Crippen molar-refractivity contribution in [3.8, 4) is 33.4 Å². The van der Waals surface area contributed by atoms with E-state index in [4.69, 9.17) is 0 Å². The predicted octanol–water partition coefficient (Wildman–Crippen LogP) is 14.3. The normalized spacial score (nSPS) is 17.7. The van der Waals surface area contributed by atoms with E-state index in [0.29, 0.717) is 11.8 Å². The molecule has 6 aromatic rings. The van der Waals surface area contributed by atoms with Gasteiger partial charge in [0.2, 0.25) is 0 Å². The van der Waals surface area contributed by atoms with Crippen molar-refractivity contribution in [1.29, 1.82) is 0 Å². The summed E-state index contributed by atoms with van der Waals surface area (Å²) in [5.41, 5.74) is 24.0. The second kappa shape index (κ2) is 15.4. The number of rotatable bonds is 9. The topological polar surface area (TPSA) is 0 Å². The van der Waals surface area contributed by atoms with Crippen LogP contribution in [0.5, 0.6) is 0 Å². The zero-order valence-corrected chi connectivity index (χ0v) is 42.5. The molecule has 0 nitrogen and oxygen atoms in total. The maximum atomic E-state index is 9.38. The Kier molecular flexibility index (Phi) is 10.7. The average molecular weight is 922 g/mol. The van der Waals surface area contributed by atoms with Crippen molar-refractivity contribution in [1.82, 2.24) is 0 Å². The number of fused-ring (bicyclic) bond motifs is 5. The summed E-state index contributed by atoms with van der Waals surface area (Å²) >= 11 is -5.64. The molecule has 9 rings (SSSR count). The van der Waals surface area contributed by atoms with Crippen LogP contribution < -0.4 is 13.6 Å². The first kappa shape index (κ1) is 41.8. The van der Waals surface area contributed by atoms with Gasteiger partial charge in [0.15, 0.2) is 0 Å². The van der Waals surface area contributed by atoms with E-state index in [1.807, 2.05) is 0 Å². The monoisotopic (exact) mass is 919 g/mol. The molecule has 0 bridgehead atoms. The quantitative estimate of drug-likeness (QED) is 0.127. The van der Waals surface area contributed by atoms with Crippen molar-refractivity contribution < 1.29 is 16.4 Å². The van der Waals surface area contributed by atoms with Crippen molar-refractivity contribution in [2.24, 2.45) is 0 Å². The molecule has 1 heterocycles. The fourth-order valence-corrected chi connectivity index (χ4v) is 40.1. The molecule has 6 aromatic carbocycles. The molecular formula is C56H59Cl2SiZr. The van der Waals surface area contributed by atoms with Gasteiger partial charge in [0, 0.05) is 0 Å². The second-order valence-corrected chi connectivity index (χ2v) is 41.4. The van der Waals surface area contributed by atoms with Gasteiger partial charge in [-0.1, -0.05) is 0 Å². The number of hydrogen-bond acceptors (Lipinski definition) is 0. The molecule has 2 atom stereocenters. The van der Waals surface area contributed by atoms with Crippen LogP contribution in [0.1, 0.15) is 129 Å².